The van der Waals surface area contributed by atoms with Crippen molar-refractivity contribution in [1.29, 1.82) is 0 Å². The molecule has 0 fully saturated rings. The van der Waals surface area contributed by atoms with Gasteiger partial charge in [0, 0.05) is 6.07 Å². The van der Waals surface area contributed by atoms with Crippen molar-refractivity contribution in [2.45, 2.75) is 13.0 Å². The van der Waals surface area contributed by atoms with E-state index in [0.717, 1.165) is 0 Å². The molecule has 1 atom stereocenters. The number of hydrogen-bond donors (Lipinski definition) is 2. The van der Waals surface area contributed by atoms with E-state index < -0.39 is 0 Å². The summed E-state index contributed by atoms with van der Waals surface area (Å²) in [5, 5.41) is 2.98. The van der Waals surface area contributed by atoms with E-state index >= 15 is 0 Å². The summed E-state index contributed by atoms with van der Waals surface area (Å²) in [6.07, 6.45) is -0.224. The first-order valence-electron chi connectivity index (χ1n) is 7.73. The van der Waals surface area contributed by atoms with Crippen molar-refractivity contribution in [2.75, 3.05) is 26.1 Å². The zero-order valence-electron chi connectivity index (χ0n) is 14.9. The summed E-state index contributed by atoms with van der Waals surface area (Å²) in [4.78, 5) is 4.25. The van der Waals surface area contributed by atoms with E-state index in [1.165, 1.54) is 12.1 Å². The molecule has 0 saturated carbocycles. The minimum atomic E-state index is -0.307. The van der Waals surface area contributed by atoms with Gasteiger partial charge in [0.25, 0.3) is 0 Å². The van der Waals surface area contributed by atoms with E-state index in [1.54, 1.807) is 44.6 Å². The second-order valence-electron chi connectivity index (χ2n) is 5.30. The maximum Gasteiger partial charge on any atom is 0.193 e. The number of nitrogens with two attached hydrogens (primary N) is 1. The number of halogens is 2. The number of nitrogens with zero attached hydrogens (tertiary/aromatic N) is 1. The second-order valence-corrected chi connectivity index (χ2v) is 5.30. The molecular weight excluding hydrogens is 452 g/mol. The van der Waals surface area contributed by atoms with Gasteiger partial charge in [-0.15, -0.1) is 24.0 Å². The third-order valence-electron chi connectivity index (χ3n) is 3.34. The molecule has 26 heavy (non-hydrogen) atoms. The number of ether oxygens (including phenoxy) is 3. The summed E-state index contributed by atoms with van der Waals surface area (Å²) < 4.78 is 29.0. The summed E-state index contributed by atoms with van der Waals surface area (Å²) in [7, 11) is 3.15. The van der Waals surface area contributed by atoms with E-state index in [-0.39, 0.29) is 41.9 Å². The molecule has 0 aliphatic carbocycles. The van der Waals surface area contributed by atoms with Gasteiger partial charge in [0.1, 0.15) is 29.2 Å². The number of hydrogen-bond acceptors (Lipinski definition) is 4. The predicted octanol–water partition coefficient (Wildman–Crippen LogP) is 3.66. The Morgan fingerprint density at radius 1 is 1.12 bits per heavy atom. The van der Waals surface area contributed by atoms with Gasteiger partial charge < -0.3 is 25.3 Å². The molecule has 2 aromatic carbocycles. The molecule has 0 radical (unpaired) electrons. The van der Waals surface area contributed by atoms with Crippen molar-refractivity contribution >= 4 is 35.6 Å². The molecule has 0 heterocycles. The fraction of sp³-hybridized carbons (Fsp3) is 0.278. The van der Waals surface area contributed by atoms with Gasteiger partial charge in [0.05, 0.1) is 26.5 Å². The Kier molecular flexibility index (Phi) is 8.97. The maximum atomic E-state index is 12.9. The molecule has 2 aromatic rings. The fourth-order valence-corrected chi connectivity index (χ4v) is 2.10. The highest BCUT2D eigenvalue weighted by Crippen LogP contribution is 2.28. The van der Waals surface area contributed by atoms with Crippen molar-refractivity contribution < 1.29 is 18.6 Å². The minimum Gasteiger partial charge on any atom is -0.497 e. The van der Waals surface area contributed by atoms with Crippen LogP contribution in [0.4, 0.5) is 10.1 Å². The number of aliphatic imine (C=N–C) groups is 1. The van der Waals surface area contributed by atoms with E-state index in [2.05, 4.69) is 10.3 Å². The van der Waals surface area contributed by atoms with Gasteiger partial charge in [-0.05, 0) is 43.3 Å². The zero-order chi connectivity index (χ0) is 18.2. The van der Waals surface area contributed by atoms with Crippen LogP contribution in [0, 0.1) is 5.82 Å². The Labute approximate surface area is 169 Å². The highest BCUT2D eigenvalue weighted by atomic mass is 127. The third kappa shape index (κ3) is 6.58. The first kappa shape index (κ1) is 21.8. The molecule has 0 amide bonds. The molecular formula is C18H23FIN3O3. The third-order valence-corrected chi connectivity index (χ3v) is 3.34. The van der Waals surface area contributed by atoms with Crippen LogP contribution in [0.5, 0.6) is 17.2 Å². The molecule has 8 heteroatoms. The van der Waals surface area contributed by atoms with Gasteiger partial charge in [-0.3, -0.25) is 0 Å². The van der Waals surface area contributed by atoms with E-state index in [0.29, 0.717) is 29.5 Å². The second kappa shape index (κ2) is 10.7. The number of methoxy groups -OCH3 is 2. The van der Waals surface area contributed by atoms with Gasteiger partial charge in [-0.25, -0.2) is 9.38 Å². The molecule has 142 valence electrons. The van der Waals surface area contributed by atoms with E-state index in [1.807, 2.05) is 6.92 Å². The van der Waals surface area contributed by atoms with Crippen LogP contribution < -0.4 is 25.3 Å². The van der Waals surface area contributed by atoms with Crippen LogP contribution in [0.15, 0.2) is 47.5 Å². The molecule has 1 unspecified atom stereocenters. The lowest BCUT2D eigenvalue weighted by molar-refractivity contribution is 0.230. The fourth-order valence-electron chi connectivity index (χ4n) is 2.10. The van der Waals surface area contributed by atoms with Gasteiger partial charge in [0.15, 0.2) is 5.96 Å². The normalized spacial score (nSPS) is 11.9. The average molecular weight is 475 g/mol. The van der Waals surface area contributed by atoms with Crippen LogP contribution in [0.2, 0.25) is 0 Å². The molecule has 2 rings (SSSR count). The molecule has 0 spiro atoms. The molecule has 0 aliphatic rings. The van der Waals surface area contributed by atoms with Crippen molar-refractivity contribution in [3.63, 3.8) is 0 Å². The SMILES string of the molecule is COc1ccc(OC)c(NC(N)=NCC(C)Oc2ccc(F)cc2)c1.I. The Morgan fingerprint density at radius 2 is 1.77 bits per heavy atom. The van der Waals surface area contributed by atoms with E-state index in [4.69, 9.17) is 19.9 Å². The van der Waals surface area contributed by atoms with Crippen molar-refractivity contribution in [3.8, 4) is 17.2 Å². The highest BCUT2D eigenvalue weighted by Gasteiger charge is 2.07. The van der Waals surface area contributed by atoms with Crippen molar-refractivity contribution in [1.82, 2.24) is 0 Å². The smallest absolute Gasteiger partial charge is 0.193 e. The van der Waals surface area contributed by atoms with Gasteiger partial charge in [-0.1, -0.05) is 0 Å². The Morgan fingerprint density at radius 3 is 2.38 bits per heavy atom. The largest absolute Gasteiger partial charge is 0.497 e. The van der Waals surface area contributed by atoms with Crippen LogP contribution >= 0.6 is 24.0 Å². The first-order valence-corrected chi connectivity index (χ1v) is 7.73. The molecule has 0 saturated heterocycles. The lowest BCUT2D eigenvalue weighted by atomic mass is 10.2. The average Bonchev–Trinajstić information content (AvgIpc) is 2.62. The summed E-state index contributed by atoms with van der Waals surface area (Å²) >= 11 is 0. The molecule has 3 N–H and O–H groups in total. The number of anilines is 1. The van der Waals surface area contributed by atoms with Crippen molar-refractivity contribution in [3.05, 3.63) is 48.3 Å². The van der Waals surface area contributed by atoms with Gasteiger partial charge in [0.2, 0.25) is 0 Å². The number of rotatable bonds is 7. The minimum absolute atomic E-state index is 0. The van der Waals surface area contributed by atoms with Crippen LogP contribution in [-0.4, -0.2) is 32.8 Å². The summed E-state index contributed by atoms with van der Waals surface area (Å²) in [6.45, 7) is 2.19. The van der Waals surface area contributed by atoms with E-state index in [9.17, 15) is 4.39 Å². The van der Waals surface area contributed by atoms with Crippen LogP contribution in [-0.2, 0) is 0 Å². The van der Waals surface area contributed by atoms with Crippen LogP contribution in [0.3, 0.4) is 0 Å². The highest BCUT2D eigenvalue weighted by molar-refractivity contribution is 14.0. The lowest BCUT2D eigenvalue weighted by Crippen LogP contribution is -2.26. The summed E-state index contributed by atoms with van der Waals surface area (Å²) in [6, 6.07) is 11.1. The summed E-state index contributed by atoms with van der Waals surface area (Å²) in [5.41, 5.74) is 6.57. The first-order chi connectivity index (χ1) is 12.0. The monoisotopic (exact) mass is 475 g/mol. The lowest BCUT2D eigenvalue weighted by Gasteiger charge is -2.14. The van der Waals surface area contributed by atoms with Gasteiger partial charge >= 0.3 is 0 Å². The molecule has 6 nitrogen and oxygen atoms in total. The van der Waals surface area contributed by atoms with Crippen LogP contribution in [0.1, 0.15) is 6.92 Å². The van der Waals surface area contributed by atoms with Crippen LogP contribution in [0.25, 0.3) is 0 Å². The molecule has 0 aromatic heterocycles. The topological polar surface area (TPSA) is 78.1 Å². The van der Waals surface area contributed by atoms with Crippen molar-refractivity contribution in [2.24, 2.45) is 10.7 Å². The maximum absolute atomic E-state index is 12.9. The number of benzene rings is 2. The quantitative estimate of drug-likeness (QED) is 0.363. The molecule has 0 aliphatic heterocycles. The zero-order valence-corrected chi connectivity index (χ0v) is 17.2. The Bertz CT molecular complexity index is 726. The number of guanidine groups is 1. The Hall–Kier alpha value is -2.23. The molecule has 0 bridgehead atoms. The number of nitrogens with one attached hydrogen (secondary N) is 1. The predicted molar refractivity (Wildman–Crippen MR) is 112 cm³/mol. The standard InChI is InChI=1S/C18H22FN3O3.HI/c1-12(25-14-6-4-13(19)5-7-14)11-21-18(20)22-16-10-15(23-2)8-9-17(16)24-3;/h4-10,12H,11H2,1-3H3,(H3,20,21,22);1H. The summed E-state index contributed by atoms with van der Waals surface area (Å²) in [5.74, 6) is 1.78. The van der Waals surface area contributed by atoms with Gasteiger partial charge in [-0.2, -0.15) is 0 Å². The Balaban J connectivity index is 0.00000338.